The van der Waals surface area contributed by atoms with Crippen LogP contribution in [-0.4, -0.2) is 18.7 Å². The van der Waals surface area contributed by atoms with Crippen LogP contribution >= 0.6 is 0 Å². The summed E-state index contributed by atoms with van der Waals surface area (Å²) in [7, 11) is 1.96. The zero-order valence-corrected chi connectivity index (χ0v) is 11.6. The molecule has 0 aliphatic heterocycles. The average molecular weight is 255 g/mol. The predicted octanol–water partition coefficient (Wildman–Crippen LogP) is 3.44. The molecule has 2 N–H and O–H groups in total. The summed E-state index contributed by atoms with van der Waals surface area (Å²) in [6.45, 7) is 2.98. The molecule has 0 aliphatic carbocycles. The smallest absolute Gasteiger partial charge is 0.119 e. The Bertz CT molecular complexity index is 522. The van der Waals surface area contributed by atoms with Crippen molar-refractivity contribution in [3.63, 3.8) is 0 Å². The first kappa shape index (κ1) is 13.6. The Balaban J connectivity index is 2.40. The number of aromatic hydroxyl groups is 1. The number of phenols is 1. The highest BCUT2D eigenvalue weighted by Crippen LogP contribution is 2.34. The van der Waals surface area contributed by atoms with E-state index < -0.39 is 0 Å². The van der Waals surface area contributed by atoms with E-state index >= 15 is 0 Å². The summed E-state index contributed by atoms with van der Waals surface area (Å²) in [6.07, 6.45) is 0.970. The van der Waals surface area contributed by atoms with E-state index in [4.69, 9.17) is 0 Å². The molecule has 0 fully saturated rings. The molecule has 2 aromatic carbocycles. The number of hydrogen-bond donors (Lipinski definition) is 2. The van der Waals surface area contributed by atoms with Crippen LogP contribution < -0.4 is 5.32 Å². The lowest BCUT2D eigenvalue weighted by molar-refractivity contribution is 0.462. The molecule has 0 aromatic heterocycles. The van der Waals surface area contributed by atoms with Gasteiger partial charge < -0.3 is 10.4 Å². The molecule has 19 heavy (non-hydrogen) atoms. The molecule has 100 valence electrons. The summed E-state index contributed by atoms with van der Waals surface area (Å²) in [5.41, 5.74) is 3.44. The van der Waals surface area contributed by atoms with Crippen molar-refractivity contribution in [2.45, 2.75) is 19.3 Å². The van der Waals surface area contributed by atoms with Crippen LogP contribution in [0, 0.1) is 6.92 Å². The topological polar surface area (TPSA) is 32.3 Å². The minimum absolute atomic E-state index is 0.230. The molecule has 0 aliphatic rings. The molecule has 0 unspecified atom stereocenters. The van der Waals surface area contributed by atoms with E-state index in [9.17, 15) is 5.11 Å². The maximum Gasteiger partial charge on any atom is 0.119 e. The fourth-order valence-corrected chi connectivity index (χ4v) is 2.43. The van der Waals surface area contributed by atoms with Gasteiger partial charge in [0.15, 0.2) is 0 Å². The maximum atomic E-state index is 10.1. The highest BCUT2D eigenvalue weighted by Gasteiger charge is 2.17. The van der Waals surface area contributed by atoms with Gasteiger partial charge in [-0.3, -0.25) is 0 Å². The van der Waals surface area contributed by atoms with E-state index in [2.05, 4.69) is 42.6 Å². The summed E-state index contributed by atoms with van der Waals surface area (Å²) in [6, 6.07) is 16.2. The zero-order valence-electron chi connectivity index (χ0n) is 11.6. The van der Waals surface area contributed by atoms with E-state index in [1.807, 2.05) is 19.2 Å². The van der Waals surface area contributed by atoms with Gasteiger partial charge in [0, 0.05) is 11.5 Å². The molecule has 2 heteroatoms. The molecule has 2 rings (SSSR count). The largest absolute Gasteiger partial charge is 0.508 e. The van der Waals surface area contributed by atoms with Gasteiger partial charge >= 0.3 is 0 Å². The molecule has 0 heterocycles. The van der Waals surface area contributed by atoms with Crippen LogP contribution in [0.15, 0.2) is 48.5 Å². The third kappa shape index (κ3) is 3.36. The molecular formula is C17H21NO. The molecule has 0 radical (unpaired) electrons. The van der Waals surface area contributed by atoms with Crippen molar-refractivity contribution < 1.29 is 5.11 Å². The van der Waals surface area contributed by atoms with E-state index in [0.717, 1.165) is 18.5 Å². The number of benzene rings is 2. The fraction of sp³-hybridized carbons (Fsp3) is 0.294. The lowest BCUT2D eigenvalue weighted by atomic mass is 9.87. The average Bonchev–Trinajstić information content (AvgIpc) is 2.44. The van der Waals surface area contributed by atoms with Crippen molar-refractivity contribution in [3.8, 4) is 5.75 Å². The van der Waals surface area contributed by atoms with Gasteiger partial charge in [0.1, 0.15) is 5.75 Å². The summed E-state index contributed by atoms with van der Waals surface area (Å²) >= 11 is 0. The van der Waals surface area contributed by atoms with Crippen LogP contribution in [0.4, 0.5) is 0 Å². The summed E-state index contributed by atoms with van der Waals surface area (Å²) in [5.74, 6) is 0.615. The normalized spacial score (nSPS) is 12.3. The van der Waals surface area contributed by atoms with E-state index in [1.165, 1.54) is 11.1 Å². The van der Waals surface area contributed by atoms with Crippen molar-refractivity contribution >= 4 is 0 Å². The Morgan fingerprint density at radius 2 is 1.84 bits per heavy atom. The lowest BCUT2D eigenvalue weighted by Gasteiger charge is -2.19. The Morgan fingerprint density at radius 3 is 2.53 bits per heavy atom. The van der Waals surface area contributed by atoms with E-state index in [0.29, 0.717) is 5.75 Å². The Kier molecular flexibility index (Phi) is 4.58. The summed E-state index contributed by atoms with van der Waals surface area (Å²) in [5, 5.41) is 13.3. The highest BCUT2D eigenvalue weighted by molar-refractivity contribution is 5.43. The van der Waals surface area contributed by atoms with Crippen LogP contribution in [0.5, 0.6) is 5.75 Å². The molecule has 0 amide bonds. The first-order valence-corrected chi connectivity index (χ1v) is 6.71. The van der Waals surface area contributed by atoms with Gasteiger partial charge in [-0.25, -0.2) is 0 Å². The first-order valence-electron chi connectivity index (χ1n) is 6.71. The number of nitrogens with one attached hydrogen (secondary N) is 1. The van der Waals surface area contributed by atoms with Gasteiger partial charge in [0.2, 0.25) is 0 Å². The van der Waals surface area contributed by atoms with Crippen LogP contribution in [0.25, 0.3) is 0 Å². The number of hydrogen-bond acceptors (Lipinski definition) is 2. The van der Waals surface area contributed by atoms with E-state index in [-0.39, 0.29) is 5.92 Å². The second-order valence-corrected chi connectivity index (χ2v) is 4.92. The van der Waals surface area contributed by atoms with Gasteiger partial charge in [-0.2, -0.15) is 0 Å². The fourth-order valence-electron chi connectivity index (χ4n) is 2.43. The third-order valence-corrected chi connectivity index (χ3v) is 3.44. The monoisotopic (exact) mass is 255 g/mol. The second kappa shape index (κ2) is 6.39. The third-order valence-electron chi connectivity index (χ3n) is 3.44. The number of aryl methyl sites for hydroxylation is 1. The van der Waals surface area contributed by atoms with Gasteiger partial charge in [0.05, 0.1) is 0 Å². The van der Waals surface area contributed by atoms with Crippen LogP contribution in [0.3, 0.4) is 0 Å². The van der Waals surface area contributed by atoms with E-state index in [1.54, 1.807) is 6.07 Å². The molecule has 2 nitrogen and oxygen atoms in total. The molecule has 0 saturated heterocycles. The van der Waals surface area contributed by atoms with Gasteiger partial charge in [-0.05, 0) is 38.6 Å². The maximum absolute atomic E-state index is 10.1. The van der Waals surface area contributed by atoms with Gasteiger partial charge in [0.25, 0.3) is 0 Å². The Morgan fingerprint density at radius 1 is 1.11 bits per heavy atom. The SMILES string of the molecule is CNCC[C@H](c1ccccc1)c1cc(C)ccc1O. The minimum Gasteiger partial charge on any atom is -0.508 e. The summed E-state index contributed by atoms with van der Waals surface area (Å²) in [4.78, 5) is 0. The standard InChI is InChI=1S/C17H21NO/c1-13-8-9-17(19)16(12-13)15(10-11-18-2)14-6-4-3-5-7-14/h3-9,12,15,18-19H,10-11H2,1-2H3/t15-/m1/s1. The lowest BCUT2D eigenvalue weighted by Crippen LogP contribution is -2.13. The highest BCUT2D eigenvalue weighted by atomic mass is 16.3. The Labute approximate surface area is 115 Å². The number of rotatable bonds is 5. The second-order valence-electron chi connectivity index (χ2n) is 4.92. The molecule has 2 aromatic rings. The van der Waals surface area contributed by atoms with Gasteiger partial charge in [-0.1, -0.05) is 48.0 Å². The molecule has 0 spiro atoms. The predicted molar refractivity (Wildman–Crippen MR) is 79.7 cm³/mol. The van der Waals surface area contributed by atoms with Crippen LogP contribution in [0.1, 0.15) is 29.0 Å². The van der Waals surface area contributed by atoms with Crippen molar-refractivity contribution in [2.75, 3.05) is 13.6 Å². The zero-order chi connectivity index (χ0) is 13.7. The molecular weight excluding hydrogens is 234 g/mol. The summed E-state index contributed by atoms with van der Waals surface area (Å²) < 4.78 is 0. The molecule has 0 bridgehead atoms. The quantitative estimate of drug-likeness (QED) is 0.857. The molecule has 1 atom stereocenters. The van der Waals surface area contributed by atoms with Crippen molar-refractivity contribution in [1.29, 1.82) is 0 Å². The number of phenolic OH excluding ortho intramolecular Hbond substituents is 1. The van der Waals surface area contributed by atoms with Crippen LogP contribution in [-0.2, 0) is 0 Å². The van der Waals surface area contributed by atoms with Gasteiger partial charge in [-0.15, -0.1) is 0 Å². The minimum atomic E-state index is 0.230. The first-order chi connectivity index (χ1) is 9.22. The van der Waals surface area contributed by atoms with Crippen molar-refractivity contribution in [1.82, 2.24) is 5.32 Å². The van der Waals surface area contributed by atoms with Crippen molar-refractivity contribution in [3.05, 3.63) is 65.2 Å². The van der Waals surface area contributed by atoms with Crippen molar-refractivity contribution in [2.24, 2.45) is 0 Å². The Hall–Kier alpha value is -1.80. The van der Waals surface area contributed by atoms with Crippen LogP contribution in [0.2, 0.25) is 0 Å². The molecule has 0 saturated carbocycles.